The average Bonchev–Trinajstić information content (AvgIpc) is 3.22. The molecule has 0 unspecified atom stereocenters. The number of nitrogens with one attached hydrogen (secondary N) is 2. The lowest BCUT2D eigenvalue weighted by molar-refractivity contribution is 0.00158. The first kappa shape index (κ1) is 17.7. The molecule has 1 atom stereocenters. The Bertz CT molecular complexity index is 588. The van der Waals surface area contributed by atoms with E-state index >= 15 is 0 Å². The monoisotopic (exact) mass is 359 g/mol. The summed E-state index contributed by atoms with van der Waals surface area (Å²) in [6.07, 6.45) is 4.92. The molecule has 4 rings (SSSR count). The van der Waals surface area contributed by atoms with E-state index in [0.29, 0.717) is 17.6 Å². The summed E-state index contributed by atoms with van der Waals surface area (Å²) in [6.45, 7) is 7.39. The van der Waals surface area contributed by atoms with Gasteiger partial charge in [-0.25, -0.2) is 4.98 Å². The van der Waals surface area contributed by atoms with Crippen LogP contribution in [0.4, 0.5) is 5.82 Å². The molecule has 0 aromatic carbocycles. The van der Waals surface area contributed by atoms with Crippen molar-refractivity contribution in [1.82, 2.24) is 20.1 Å². The van der Waals surface area contributed by atoms with E-state index in [1.807, 2.05) is 17.0 Å². The van der Waals surface area contributed by atoms with Gasteiger partial charge in [-0.15, -0.1) is 0 Å². The van der Waals surface area contributed by atoms with Crippen LogP contribution in [0.3, 0.4) is 0 Å². The Hall–Kier alpha value is -1.70. The van der Waals surface area contributed by atoms with Gasteiger partial charge in [-0.2, -0.15) is 0 Å². The molecule has 0 saturated carbocycles. The Morgan fingerprint density at radius 3 is 2.62 bits per heavy atom. The third kappa shape index (κ3) is 4.16. The standard InChI is InChI=1S/C19H29N5O2/c25-19(15-1-2-18(21-13-15)22-16-3-6-20-14-16)24-7-4-17(5-8-24)23-9-11-26-12-10-23/h1-2,13,16-17,20H,3-12,14H2,(H,21,22)/t16-/m1/s1. The van der Waals surface area contributed by atoms with Crippen LogP contribution in [-0.2, 0) is 4.74 Å². The van der Waals surface area contributed by atoms with Gasteiger partial charge in [0.15, 0.2) is 0 Å². The molecule has 7 heteroatoms. The lowest BCUT2D eigenvalue weighted by atomic mass is 10.0. The Morgan fingerprint density at radius 2 is 1.96 bits per heavy atom. The van der Waals surface area contributed by atoms with Crippen LogP contribution < -0.4 is 10.6 Å². The first-order valence-corrected chi connectivity index (χ1v) is 9.84. The number of carbonyl (C=O) groups is 1. The maximum absolute atomic E-state index is 12.8. The number of anilines is 1. The van der Waals surface area contributed by atoms with Gasteiger partial charge < -0.3 is 20.3 Å². The lowest BCUT2D eigenvalue weighted by Gasteiger charge is -2.40. The number of carbonyl (C=O) groups excluding carboxylic acids is 1. The molecule has 7 nitrogen and oxygen atoms in total. The van der Waals surface area contributed by atoms with Gasteiger partial charge in [0.25, 0.3) is 5.91 Å². The number of piperidine rings is 1. The molecule has 26 heavy (non-hydrogen) atoms. The van der Waals surface area contributed by atoms with Crippen molar-refractivity contribution in [1.29, 1.82) is 0 Å². The maximum Gasteiger partial charge on any atom is 0.255 e. The smallest absolute Gasteiger partial charge is 0.255 e. The third-order valence-corrected chi connectivity index (χ3v) is 5.74. The lowest BCUT2D eigenvalue weighted by Crippen LogP contribution is -2.50. The van der Waals surface area contributed by atoms with Crippen LogP contribution >= 0.6 is 0 Å². The van der Waals surface area contributed by atoms with Gasteiger partial charge in [-0.3, -0.25) is 9.69 Å². The van der Waals surface area contributed by atoms with Gasteiger partial charge in [-0.1, -0.05) is 0 Å². The average molecular weight is 359 g/mol. The summed E-state index contributed by atoms with van der Waals surface area (Å²) < 4.78 is 5.44. The van der Waals surface area contributed by atoms with Crippen LogP contribution in [-0.4, -0.2) is 85.3 Å². The third-order valence-electron chi connectivity index (χ3n) is 5.74. The van der Waals surface area contributed by atoms with Crippen LogP contribution in [0, 0.1) is 0 Å². The molecule has 4 heterocycles. The molecule has 1 amide bonds. The zero-order valence-electron chi connectivity index (χ0n) is 15.3. The second-order valence-corrected chi connectivity index (χ2v) is 7.44. The minimum Gasteiger partial charge on any atom is -0.379 e. The van der Waals surface area contributed by atoms with Crippen molar-refractivity contribution >= 4 is 11.7 Å². The second kappa shape index (κ2) is 8.33. The topological polar surface area (TPSA) is 69.7 Å². The predicted molar refractivity (Wildman–Crippen MR) is 100 cm³/mol. The van der Waals surface area contributed by atoms with Gasteiger partial charge in [0.1, 0.15) is 5.82 Å². The maximum atomic E-state index is 12.8. The van der Waals surface area contributed by atoms with Crippen LogP contribution in [0.25, 0.3) is 0 Å². The summed E-state index contributed by atoms with van der Waals surface area (Å²) in [5.74, 6) is 0.952. The summed E-state index contributed by atoms with van der Waals surface area (Å²) in [6, 6.07) is 4.84. The molecular weight excluding hydrogens is 330 g/mol. The number of nitrogens with zero attached hydrogens (tertiary/aromatic N) is 3. The highest BCUT2D eigenvalue weighted by molar-refractivity contribution is 5.94. The summed E-state index contributed by atoms with van der Waals surface area (Å²) in [5, 5.41) is 6.75. The SMILES string of the molecule is O=C(c1ccc(N[C@@H]2CCNC2)nc1)N1CCC(N2CCOCC2)CC1. The van der Waals surface area contributed by atoms with E-state index in [2.05, 4.69) is 20.5 Å². The molecule has 0 aliphatic carbocycles. The van der Waals surface area contributed by atoms with Gasteiger partial charge in [0.05, 0.1) is 18.8 Å². The molecule has 3 fully saturated rings. The summed E-state index contributed by atoms with van der Waals surface area (Å²) in [7, 11) is 0. The fourth-order valence-corrected chi connectivity index (χ4v) is 4.15. The number of rotatable bonds is 4. The van der Waals surface area contributed by atoms with E-state index in [1.54, 1.807) is 6.20 Å². The number of likely N-dealkylation sites (tertiary alicyclic amines) is 1. The van der Waals surface area contributed by atoms with Crippen LogP contribution in [0.2, 0.25) is 0 Å². The first-order valence-electron chi connectivity index (χ1n) is 9.84. The van der Waals surface area contributed by atoms with Crippen LogP contribution in [0.15, 0.2) is 18.3 Å². The highest BCUT2D eigenvalue weighted by Gasteiger charge is 2.28. The quantitative estimate of drug-likeness (QED) is 0.829. The fourth-order valence-electron chi connectivity index (χ4n) is 4.15. The molecule has 0 bridgehead atoms. The zero-order valence-corrected chi connectivity index (χ0v) is 15.3. The van der Waals surface area contributed by atoms with E-state index in [0.717, 1.165) is 77.6 Å². The van der Waals surface area contributed by atoms with Gasteiger partial charge >= 0.3 is 0 Å². The fraction of sp³-hybridized carbons (Fsp3) is 0.684. The highest BCUT2D eigenvalue weighted by Crippen LogP contribution is 2.20. The van der Waals surface area contributed by atoms with Crippen LogP contribution in [0.1, 0.15) is 29.6 Å². The van der Waals surface area contributed by atoms with E-state index in [-0.39, 0.29) is 5.91 Å². The first-order chi connectivity index (χ1) is 12.8. The van der Waals surface area contributed by atoms with Crippen molar-refractivity contribution in [3.05, 3.63) is 23.9 Å². The largest absolute Gasteiger partial charge is 0.379 e. The van der Waals surface area contributed by atoms with Gasteiger partial charge in [0.2, 0.25) is 0 Å². The molecule has 2 N–H and O–H groups in total. The Morgan fingerprint density at radius 1 is 1.15 bits per heavy atom. The van der Waals surface area contributed by atoms with Crippen molar-refractivity contribution < 1.29 is 9.53 Å². The minimum absolute atomic E-state index is 0.104. The van der Waals surface area contributed by atoms with E-state index in [4.69, 9.17) is 4.74 Å². The van der Waals surface area contributed by atoms with Gasteiger partial charge in [0, 0.05) is 51.0 Å². The molecule has 0 spiro atoms. The molecular formula is C19H29N5O2. The number of hydrogen-bond acceptors (Lipinski definition) is 6. The minimum atomic E-state index is 0.104. The van der Waals surface area contributed by atoms with Crippen LogP contribution in [0.5, 0.6) is 0 Å². The zero-order chi connectivity index (χ0) is 17.8. The molecule has 0 radical (unpaired) electrons. The number of amides is 1. The summed E-state index contributed by atoms with van der Waals surface area (Å²) >= 11 is 0. The number of pyridine rings is 1. The molecule has 3 saturated heterocycles. The highest BCUT2D eigenvalue weighted by atomic mass is 16.5. The van der Waals surface area contributed by atoms with Crippen molar-refractivity contribution in [2.75, 3.05) is 57.8 Å². The number of aromatic nitrogens is 1. The van der Waals surface area contributed by atoms with E-state index in [1.165, 1.54) is 0 Å². The Kier molecular flexibility index (Phi) is 5.67. The summed E-state index contributed by atoms with van der Waals surface area (Å²) in [5.41, 5.74) is 0.685. The van der Waals surface area contributed by atoms with E-state index in [9.17, 15) is 4.79 Å². The number of hydrogen-bond donors (Lipinski definition) is 2. The molecule has 3 aliphatic rings. The number of ether oxygens (including phenoxy) is 1. The number of morpholine rings is 1. The second-order valence-electron chi connectivity index (χ2n) is 7.44. The van der Waals surface area contributed by atoms with Crippen molar-refractivity contribution in [3.8, 4) is 0 Å². The van der Waals surface area contributed by atoms with Crippen molar-refractivity contribution in [2.24, 2.45) is 0 Å². The van der Waals surface area contributed by atoms with E-state index < -0.39 is 0 Å². The summed E-state index contributed by atoms with van der Waals surface area (Å²) in [4.78, 5) is 21.7. The normalized spacial score (nSPS) is 25.4. The Balaban J connectivity index is 1.28. The van der Waals surface area contributed by atoms with Crippen molar-refractivity contribution in [3.63, 3.8) is 0 Å². The molecule has 142 valence electrons. The van der Waals surface area contributed by atoms with Gasteiger partial charge in [-0.05, 0) is 37.9 Å². The Labute approximate surface area is 155 Å². The predicted octanol–water partition coefficient (Wildman–Crippen LogP) is 0.792. The molecule has 3 aliphatic heterocycles. The van der Waals surface area contributed by atoms with Crippen molar-refractivity contribution in [2.45, 2.75) is 31.3 Å². The molecule has 1 aromatic heterocycles. The molecule has 1 aromatic rings.